The van der Waals surface area contributed by atoms with Gasteiger partial charge in [0.2, 0.25) is 0 Å². The number of nitrogens with one attached hydrogen (secondary N) is 1. The number of halogens is 3. The molecular weight excluding hydrogens is 419 g/mol. The molecule has 162 valence electrons. The van der Waals surface area contributed by atoms with Gasteiger partial charge in [0.25, 0.3) is 0 Å². The summed E-state index contributed by atoms with van der Waals surface area (Å²) in [4.78, 5) is 21.8. The predicted octanol–water partition coefficient (Wildman–Crippen LogP) is 4.11. The molecule has 0 spiro atoms. The van der Waals surface area contributed by atoms with Crippen LogP contribution in [-0.4, -0.2) is 37.0 Å². The highest BCUT2D eigenvalue weighted by molar-refractivity contribution is 7.98. The summed E-state index contributed by atoms with van der Waals surface area (Å²) in [6.45, 7) is 1.03. The number of esters is 2. The van der Waals surface area contributed by atoms with E-state index in [1.54, 1.807) is 11.8 Å². The minimum absolute atomic E-state index is 0.0746. The monoisotopic (exact) mass is 441 g/mol. The summed E-state index contributed by atoms with van der Waals surface area (Å²) in [5, 5.41) is 2.91. The first kappa shape index (κ1) is 23.8. The minimum atomic E-state index is -5.18. The fourth-order valence-electron chi connectivity index (χ4n) is 2.36. The largest absolute Gasteiger partial charge is 0.493 e. The molecule has 0 amide bonds. The van der Waals surface area contributed by atoms with Crippen LogP contribution in [0, 0.1) is 0 Å². The molecule has 0 aromatic heterocycles. The SMILES string of the molecule is O=C(CCNCc1cccc(OCCSCc2ccccc2)c1)OC(=O)C(F)(F)F. The van der Waals surface area contributed by atoms with E-state index in [-0.39, 0.29) is 13.0 Å². The van der Waals surface area contributed by atoms with E-state index >= 15 is 0 Å². The molecule has 1 N–H and O–H groups in total. The highest BCUT2D eigenvalue weighted by Crippen LogP contribution is 2.17. The summed E-state index contributed by atoms with van der Waals surface area (Å²) in [7, 11) is 0. The maximum absolute atomic E-state index is 12.0. The molecule has 0 unspecified atom stereocenters. The Kier molecular flexibility index (Phi) is 9.69. The first-order valence-corrected chi connectivity index (χ1v) is 10.4. The van der Waals surface area contributed by atoms with Crippen LogP contribution in [-0.2, 0) is 26.6 Å². The summed E-state index contributed by atoms with van der Waals surface area (Å²) in [6.07, 6.45) is -5.53. The van der Waals surface area contributed by atoms with Crippen molar-refractivity contribution < 1.29 is 32.2 Å². The van der Waals surface area contributed by atoms with E-state index in [4.69, 9.17) is 4.74 Å². The Morgan fingerprint density at radius 2 is 1.73 bits per heavy atom. The maximum atomic E-state index is 12.0. The van der Waals surface area contributed by atoms with E-state index < -0.39 is 18.1 Å². The average molecular weight is 441 g/mol. The smallest absolute Gasteiger partial charge is 0.491 e. The van der Waals surface area contributed by atoms with Crippen molar-refractivity contribution in [1.82, 2.24) is 5.32 Å². The minimum Gasteiger partial charge on any atom is -0.493 e. The summed E-state index contributed by atoms with van der Waals surface area (Å²) in [5.74, 6) is -1.25. The quantitative estimate of drug-likeness (QED) is 0.322. The third-order valence-corrected chi connectivity index (χ3v) is 4.77. The van der Waals surface area contributed by atoms with Gasteiger partial charge in [-0.15, -0.1) is 0 Å². The predicted molar refractivity (Wildman–Crippen MR) is 108 cm³/mol. The van der Waals surface area contributed by atoms with Crippen LogP contribution in [0.5, 0.6) is 5.75 Å². The van der Waals surface area contributed by atoms with Crippen LogP contribution in [0.3, 0.4) is 0 Å². The number of hydrogen-bond acceptors (Lipinski definition) is 6. The number of carbonyl (C=O) groups is 2. The van der Waals surface area contributed by atoms with Gasteiger partial charge in [-0.05, 0) is 23.3 Å². The summed E-state index contributed by atoms with van der Waals surface area (Å²) in [6, 6.07) is 17.5. The molecule has 0 bridgehead atoms. The van der Waals surface area contributed by atoms with E-state index in [0.717, 1.165) is 17.1 Å². The lowest BCUT2D eigenvalue weighted by atomic mass is 10.2. The lowest BCUT2D eigenvalue weighted by Gasteiger charge is -2.09. The molecule has 0 atom stereocenters. The number of alkyl halides is 3. The molecule has 0 saturated carbocycles. The zero-order chi connectivity index (χ0) is 21.8. The molecule has 2 rings (SSSR count). The Labute approximate surface area is 176 Å². The normalized spacial score (nSPS) is 11.2. The van der Waals surface area contributed by atoms with Crippen LogP contribution in [0.15, 0.2) is 54.6 Å². The second-order valence-electron chi connectivity index (χ2n) is 6.22. The van der Waals surface area contributed by atoms with E-state index in [1.165, 1.54) is 5.56 Å². The van der Waals surface area contributed by atoms with Gasteiger partial charge >= 0.3 is 18.1 Å². The van der Waals surface area contributed by atoms with Crippen molar-refractivity contribution in [3.05, 3.63) is 65.7 Å². The summed E-state index contributed by atoms with van der Waals surface area (Å²) >= 11 is 1.78. The Balaban J connectivity index is 1.61. The van der Waals surface area contributed by atoms with Gasteiger partial charge in [0.15, 0.2) is 0 Å². The molecule has 30 heavy (non-hydrogen) atoms. The lowest BCUT2D eigenvalue weighted by molar-refractivity contribution is -0.201. The van der Waals surface area contributed by atoms with Gasteiger partial charge in [-0.3, -0.25) is 4.79 Å². The number of hydrogen-bond donors (Lipinski definition) is 1. The first-order valence-electron chi connectivity index (χ1n) is 9.20. The maximum Gasteiger partial charge on any atom is 0.491 e. The average Bonchev–Trinajstić information content (AvgIpc) is 2.71. The molecule has 0 aliphatic heterocycles. The Bertz CT molecular complexity index is 815. The number of rotatable bonds is 11. The third kappa shape index (κ3) is 9.32. The molecule has 5 nitrogen and oxygen atoms in total. The molecule has 0 saturated heterocycles. The van der Waals surface area contributed by atoms with Crippen LogP contribution < -0.4 is 10.1 Å². The molecule has 0 aliphatic rings. The van der Waals surface area contributed by atoms with Crippen molar-refractivity contribution in [3.63, 3.8) is 0 Å². The van der Waals surface area contributed by atoms with Crippen molar-refractivity contribution in [1.29, 1.82) is 0 Å². The van der Waals surface area contributed by atoms with Crippen molar-refractivity contribution in [2.75, 3.05) is 18.9 Å². The Morgan fingerprint density at radius 3 is 2.47 bits per heavy atom. The van der Waals surface area contributed by atoms with Crippen LogP contribution >= 0.6 is 11.8 Å². The molecule has 0 radical (unpaired) electrons. The van der Waals surface area contributed by atoms with Crippen LogP contribution in [0.2, 0.25) is 0 Å². The lowest BCUT2D eigenvalue weighted by Crippen LogP contribution is -2.29. The van der Waals surface area contributed by atoms with E-state index in [0.29, 0.717) is 18.9 Å². The fraction of sp³-hybridized carbons (Fsp3) is 0.333. The molecule has 0 heterocycles. The second kappa shape index (κ2) is 12.2. The molecule has 9 heteroatoms. The van der Waals surface area contributed by atoms with Gasteiger partial charge in [-0.2, -0.15) is 24.9 Å². The molecular formula is C21H22F3NO4S. The van der Waals surface area contributed by atoms with Gasteiger partial charge in [-0.1, -0.05) is 42.5 Å². The van der Waals surface area contributed by atoms with Gasteiger partial charge in [-0.25, -0.2) is 4.79 Å². The second-order valence-corrected chi connectivity index (χ2v) is 7.33. The highest BCUT2D eigenvalue weighted by atomic mass is 32.2. The molecule has 0 fully saturated rings. The van der Waals surface area contributed by atoms with E-state index in [1.807, 2.05) is 42.5 Å². The van der Waals surface area contributed by atoms with Crippen molar-refractivity contribution in [2.45, 2.75) is 24.9 Å². The van der Waals surface area contributed by atoms with Gasteiger partial charge in [0, 0.05) is 24.6 Å². The summed E-state index contributed by atoms with van der Waals surface area (Å²) in [5.41, 5.74) is 2.16. The van der Waals surface area contributed by atoms with Crippen molar-refractivity contribution in [3.8, 4) is 5.75 Å². The van der Waals surface area contributed by atoms with Crippen LogP contribution in [0.1, 0.15) is 17.5 Å². The van der Waals surface area contributed by atoms with Crippen molar-refractivity contribution in [2.24, 2.45) is 0 Å². The zero-order valence-corrected chi connectivity index (χ0v) is 16.9. The van der Waals surface area contributed by atoms with Crippen LogP contribution in [0.25, 0.3) is 0 Å². The summed E-state index contributed by atoms with van der Waals surface area (Å²) < 4.78 is 45.5. The van der Waals surface area contributed by atoms with Gasteiger partial charge < -0.3 is 14.8 Å². The Morgan fingerprint density at radius 1 is 1.00 bits per heavy atom. The number of ether oxygens (including phenoxy) is 2. The Hall–Kier alpha value is -2.52. The van der Waals surface area contributed by atoms with E-state index in [2.05, 4.69) is 22.2 Å². The first-order chi connectivity index (χ1) is 14.3. The third-order valence-electron chi connectivity index (χ3n) is 3.78. The number of thioether (sulfide) groups is 1. The standard InChI is InChI=1S/C21H22F3NO4S/c22-21(23,24)20(27)29-19(26)9-10-25-14-17-7-4-8-18(13-17)28-11-12-30-15-16-5-2-1-3-6-16/h1-8,13,25H,9-12,14-15H2. The number of benzene rings is 2. The molecule has 0 aliphatic carbocycles. The topological polar surface area (TPSA) is 64.6 Å². The van der Waals surface area contributed by atoms with Crippen LogP contribution in [0.4, 0.5) is 13.2 Å². The number of carbonyl (C=O) groups excluding carboxylic acids is 2. The van der Waals surface area contributed by atoms with Gasteiger partial charge in [0.1, 0.15) is 5.75 Å². The van der Waals surface area contributed by atoms with E-state index in [9.17, 15) is 22.8 Å². The van der Waals surface area contributed by atoms with Crippen molar-refractivity contribution >= 4 is 23.7 Å². The molecule has 2 aromatic carbocycles. The molecule has 2 aromatic rings. The highest BCUT2D eigenvalue weighted by Gasteiger charge is 2.42. The van der Waals surface area contributed by atoms with Gasteiger partial charge in [0.05, 0.1) is 13.0 Å². The fourth-order valence-corrected chi connectivity index (χ4v) is 3.14. The zero-order valence-electron chi connectivity index (χ0n) is 16.1.